The van der Waals surface area contributed by atoms with Crippen LogP contribution in [-0.4, -0.2) is 30.1 Å². The van der Waals surface area contributed by atoms with Crippen LogP contribution in [0.15, 0.2) is 157 Å². The molecule has 6 nitrogen and oxygen atoms in total. The lowest BCUT2D eigenvalue weighted by Crippen LogP contribution is -2.29. The molecule has 1 aliphatic heterocycles. The van der Waals surface area contributed by atoms with E-state index >= 15 is 0 Å². The van der Waals surface area contributed by atoms with Crippen molar-refractivity contribution in [1.82, 2.24) is 24.1 Å². The van der Waals surface area contributed by atoms with E-state index in [1.165, 1.54) is 40.3 Å². The summed E-state index contributed by atoms with van der Waals surface area (Å²) >= 11 is 0. The molecule has 2 atom stereocenters. The monoisotopic (exact) mass is 684 g/mol. The van der Waals surface area contributed by atoms with Crippen molar-refractivity contribution in [1.29, 1.82) is 0 Å². The molecule has 4 heterocycles. The molecule has 2 unspecified atom stereocenters. The second kappa shape index (κ2) is 11.8. The van der Waals surface area contributed by atoms with Crippen LogP contribution in [0.1, 0.15) is 26.2 Å². The largest absolute Gasteiger partial charge is 0.344 e. The van der Waals surface area contributed by atoms with E-state index in [2.05, 4.69) is 173 Å². The van der Waals surface area contributed by atoms with Gasteiger partial charge in [-0.15, -0.1) is 0 Å². The first-order chi connectivity index (χ1) is 26.2. The molecule has 0 N–H and O–H groups in total. The van der Waals surface area contributed by atoms with Gasteiger partial charge in [0.25, 0.3) is 0 Å². The number of anilines is 1. The molecule has 0 spiro atoms. The minimum atomic E-state index is 0.448. The Labute approximate surface area is 307 Å². The number of aromatic nitrogens is 5. The van der Waals surface area contributed by atoms with Gasteiger partial charge in [0, 0.05) is 39.4 Å². The summed E-state index contributed by atoms with van der Waals surface area (Å²) in [5, 5.41) is 4.66. The second-order valence-corrected chi connectivity index (χ2v) is 14.7. The Hall–Kier alpha value is -6.53. The van der Waals surface area contributed by atoms with Crippen molar-refractivity contribution in [3.63, 3.8) is 0 Å². The molecule has 6 aromatic carbocycles. The van der Waals surface area contributed by atoms with Gasteiger partial charge >= 0.3 is 0 Å². The zero-order valence-corrected chi connectivity index (χ0v) is 29.4. The average Bonchev–Trinajstić information content (AvgIpc) is 3.84. The van der Waals surface area contributed by atoms with Gasteiger partial charge in [0.1, 0.15) is 0 Å². The van der Waals surface area contributed by atoms with Crippen molar-refractivity contribution in [2.45, 2.75) is 32.2 Å². The van der Waals surface area contributed by atoms with Crippen LogP contribution in [0, 0.1) is 5.92 Å². The number of fused-ring (bicyclic) bond motifs is 8. The number of rotatable bonds is 5. The Morgan fingerprint density at radius 3 is 1.75 bits per heavy atom. The maximum absolute atomic E-state index is 5.41. The maximum atomic E-state index is 5.41. The van der Waals surface area contributed by atoms with Crippen molar-refractivity contribution < 1.29 is 0 Å². The Bertz CT molecular complexity index is 2860. The van der Waals surface area contributed by atoms with Crippen LogP contribution in [0.5, 0.6) is 0 Å². The fraction of sp³-hybridized carbons (Fsp3) is 0.128. The third-order valence-electron chi connectivity index (χ3n) is 11.3. The molecule has 254 valence electrons. The Kier molecular flexibility index (Phi) is 6.68. The van der Waals surface area contributed by atoms with Crippen LogP contribution >= 0.6 is 0 Å². The van der Waals surface area contributed by atoms with E-state index in [4.69, 9.17) is 15.0 Å². The van der Waals surface area contributed by atoms with Crippen LogP contribution in [0.4, 0.5) is 5.69 Å². The molecule has 1 aliphatic carbocycles. The molecular formula is C47H36N6. The van der Waals surface area contributed by atoms with Crippen LogP contribution in [0.25, 0.3) is 78.0 Å². The molecule has 9 aromatic rings. The fourth-order valence-corrected chi connectivity index (χ4v) is 9.05. The lowest BCUT2D eigenvalue weighted by atomic mass is 9.86. The molecule has 1 fully saturated rings. The minimum absolute atomic E-state index is 0.448. The summed E-state index contributed by atoms with van der Waals surface area (Å²) in [4.78, 5) is 18.7. The number of hydrogen-bond acceptors (Lipinski definition) is 4. The normalized spacial score (nSPS) is 17.0. The maximum Gasteiger partial charge on any atom is 0.240 e. The van der Waals surface area contributed by atoms with E-state index in [9.17, 15) is 0 Å². The zero-order valence-electron chi connectivity index (χ0n) is 29.4. The summed E-state index contributed by atoms with van der Waals surface area (Å²) in [6.07, 6.45) is 5.86. The Morgan fingerprint density at radius 2 is 1.08 bits per heavy atom. The molecular weight excluding hydrogens is 649 g/mol. The SMILES string of the molecule is CC1CC2=CN(c3ccccc3-c3nc(-n4c5ccccc5c5ccccc54)nc(-n4c5ccccc5c5cc(-c6ccccc6)ccc54)n3)C(C2)C1. The van der Waals surface area contributed by atoms with E-state index in [0.29, 0.717) is 29.7 Å². The van der Waals surface area contributed by atoms with E-state index in [-0.39, 0.29) is 0 Å². The van der Waals surface area contributed by atoms with Crippen LogP contribution in [0.2, 0.25) is 0 Å². The van der Waals surface area contributed by atoms with Gasteiger partial charge in [0.2, 0.25) is 11.9 Å². The number of nitrogens with zero attached hydrogens (tertiary/aromatic N) is 6. The van der Waals surface area contributed by atoms with Crippen LogP contribution in [-0.2, 0) is 0 Å². The number of benzene rings is 6. The summed E-state index contributed by atoms with van der Waals surface area (Å²) in [6.45, 7) is 2.38. The fourth-order valence-electron chi connectivity index (χ4n) is 9.05. The zero-order chi connectivity index (χ0) is 35.0. The van der Waals surface area contributed by atoms with Gasteiger partial charge < -0.3 is 4.90 Å². The quantitative estimate of drug-likeness (QED) is 0.181. The van der Waals surface area contributed by atoms with Gasteiger partial charge in [-0.05, 0) is 78.8 Å². The summed E-state index contributed by atoms with van der Waals surface area (Å²) in [7, 11) is 0. The minimum Gasteiger partial charge on any atom is -0.344 e. The van der Waals surface area contributed by atoms with Crippen molar-refractivity contribution in [2.24, 2.45) is 5.92 Å². The highest BCUT2D eigenvalue weighted by atomic mass is 15.3. The molecule has 0 saturated heterocycles. The molecule has 2 aliphatic rings. The highest BCUT2D eigenvalue weighted by molar-refractivity contribution is 6.11. The standard InChI is InChI=1S/C47H36N6/c1-30-25-31-27-34(26-30)51(29-31)40-19-9-8-18-38(40)45-48-46(52-41-20-10-5-15-35(41)36-16-6-11-21-42(36)52)50-47(49-45)53-43-22-12-7-17-37(43)39-28-33(23-24-44(39)53)32-13-3-2-4-14-32/h2-24,28-30,34H,25-27H2,1H3. The van der Waals surface area contributed by atoms with Crippen LogP contribution in [0.3, 0.4) is 0 Å². The summed E-state index contributed by atoms with van der Waals surface area (Å²) in [5.41, 5.74) is 10.3. The smallest absolute Gasteiger partial charge is 0.240 e. The predicted octanol–water partition coefficient (Wildman–Crippen LogP) is 11.3. The second-order valence-electron chi connectivity index (χ2n) is 14.7. The first-order valence-corrected chi connectivity index (χ1v) is 18.6. The third-order valence-corrected chi connectivity index (χ3v) is 11.3. The molecule has 1 saturated carbocycles. The lowest BCUT2D eigenvalue weighted by Gasteiger charge is -2.30. The van der Waals surface area contributed by atoms with Crippen molar-refractivity contribution in [3.8, 4) is 34.4 Å². The molecule has 53 heavy (non-hydrogen) atoms. The van der Waals surface area contributed by atoms with Crippen molar-refractivity contribution >= 4 is 49.3 Å². The highest BCUT2D eigenvalue weighted by Gasteiger charge is 2.34. The van der Waals surface area contributed by atoms with E-state index < -0.39 is 0 Å². The van der Waals surface area contributed by atoms with Gasteiger partial charge in [-0.3, -0.25) is 9.13 Å². The highest BCUT2D eigenvalue weighted by Crippen LogP contribution is 2.43. The average molecular weight is 685 g/mol. The molecule has 3 aromatic heterocycles. The van der Waals surface area contributed by atoms with Gasteiger partial charge in [0.15, 0.2) is 5.82 Å². The first kappa shape index (κ1) is 30.1. The predicted molar refractivity (Wildman–Crippen MR) is 217 cm³/mol. The van der Waals surface area contributed by atoms with E-state index in [1.807, 2.05) is 0 Å². The van der Waals surface area contributed by atoms with Gasteiger partial charge in [0.05, 0.1) is 27.8 Å². The summed E-state index contributed by atoms with van der Waals surface area (Å²) < 4.78 is 4.42. The van der Waals surface area contributed by atoms with Crippen molar-refractivity contribution in [3.05, 3.63) is 157 Å². The Balaban J connectivity index is 1.20. The lowest BCUT2D eigenvalue weighted by molar-refractivity contribution is 0.423. The van der Waals surface area contributed by atoms with E-state index in [1.54, 1.807) is 0 Å². The summed E-state index contributed by atoms with van der Waals surface area (Å²) in [6, 6.07) is 52.1. The topological polar surface area (TPSA) is 51.8 Å². The number of hydrogen-bond donors (Lipinski definition) is 0. The Morgan fingerprint density at radius 1 is 0.509 bits per heavy atom. The third kappa shape index (κ3) is 4.75. The van der Waals surface area contributed by atoms with Gasteiger partial charge in [-0.25, -0.2) is 0 Å². The summed E-state index contributed by atoms with van der Waals surface area (Å²) in [5.74, 6) is 2.52. The van der Waals surface area contributed by atoms with Crippen LogP contribution < -0.4 is 4.90 Å². The molecule has 2 bridgehead atoms. The molecule has 11 rings (SSSR count). The molecule has 0 amide bonds. The number of para-hydroxylation sites is 4. The first-order valence-electron chi connectivity index (χ1n) is 18.6. The molecule has 0 radical (unpaired) electrons. The van der Waals surface area contributed by atoms with E-state index in [0.717, 1.165) is 50.5 Å². The van der Waals surface area contributed by atoms with Gasteiger partial charge in [-0.2, -0.15) is 15.0 Å². The van der Waals surface area contributed by atoms with Crippen molar-refractivity contribution in [2.75, 3.05) is 4.90 Å². The molecule has 6 heteroatoms. The van der Waals surface area contributed by atoms with Gasteiger partial charge in [-0.1, -0.05) is 116 Å².